The summed E-state index contributed by atoms with van der Waals surface area (Å²) in [6.45, 7) is 4.37. The number of thiocarbonyl (C=S) groups is 1. The summed E-state index contributed by atoms with van der Waals surface area (Å²) in [7, 11) is 0. The average Bonchev–Trinajstić information content (AvgIpc) is 2.61. The van der Waals surface area contributed by atoms with Crippen molar-refractivity contribution in [2.75, 3.05) is 11.5 Å². The second kappa shape index (κ2) is 7.49. The number of benzene rings is 2. The molecule has 1 heterocycles. The van der Waals surface area contributed by atoms with Crippen LogP contribution in [0.4, 0.5) is 5.69 Å². The Morgan fingerprint density at radius 1 is 1.15 bits per heavy atom. The lowest BCUT2D eigenvalue weighted by atomic mass is 10.1. The van der Waals surface area contributed by atoms with E-state index >= 15 is 0 Å². The number of hydrogen-bond donors (Lipinski definition) is 1. The van der Waals surface area contributed by atoms with Gasteiger partial charge in [-0.3, -0.25) is 19.8 Å². The molecule has 0 radical (unpaired) electrons. The molecule has 0 spiro atoms. The summed E-state index contributed by atoms with van der Waals surface area (Å²) in [5, 5.41) is 2.63. The van der Waals surface area contributed by atoms with Crippen LogP contribution < -0.4 is 15.0 Å². The molecule has 0 bridgehead atoms. The van der Waals surface area contributed by atoms with Crippen LogP contribution in [0.1, 0.15) is 18.1 Å². The van der Waals surface area contributed by atoms with Gasteiger partial charge in [0.15, 0.2) is 5.11 Å². The molecule has 2 aromatic carbocycles. The quantitative estimate of drug-likeness (QED) is 0.513. The fraction of sp³-hybridized carbons (Fsp3) is 0.150. The zero-order valence-corrected chi connectivity index (χ0v) is 15.3. The second-order valence-electron chi connectivity index (χ2n) is 5.80. The maximum absolute atomic E-state index is 13.0. The largest absolute Gasteiger partial charge is 0.494 e. The van der Waals surface area contributed by atoms with Gasteiger partial charge in [0.2, 0.25) is 0 Å². The van der Waals surface area contributed by atoms with Crippen LogP contribution in [0.25, 0.3) is 6.08 Å². The smallest absolute Gasteiger partial charge is 0.270 e. The van der Waals surface area contributed by atoms with Gasteiger partial charge in [-0.15, -0.1) is 0 Å². The van der Waals surface area contributed by atoms with Gasteiger partial charge in [0, 0.05) is 6.07 Å². The highest BCUT2D eigenvalue weighted by molar-refractivity contribution is 7.80. The van der Waals surface area contributed by atoms with Gasteiger partial charge < -0.3 is 4.74 Å². The van der Waals surface area contributed by atoms with Crippen molar-refractivity contribution in [3.8, 4) is 5.75 Å². The lowest BCUT2D eigenvalue weighted by molar-refractivity contribution is -0.122. The monoisotopic (exact) mass is 366 g/mol. The van der Waals surface area contributed by atoms with Crippen LogP contribution in [-0.2, 0) is 9.59 Å². The van der Waals surface area contributed by atoms with E-state index in [4.69, 9.17) is 17.0 Å². The number of hydrogen-bond acceptors (Lipinski definition) is 4. The molecule has 6 heteroatoms. The number of anilines is 1. The van der Waals surface area contributed by atoms with Gasteiger partial charge in [-0.2, -0.15) is 0 Å². The molecule has 0 saturated carbocycles. The minimum atomic E-state index is -0.502. The van der Waals surface area contributed by atoms with Crippen molar-refractivity contribution in [1.82, 2.24) is 5.32 Å². The summed E-state index contributed by atoms with van der Waals surface area (Å²) < 4.78 is 5.48. The molecule has 2 amide bonds. The molecule has 0 atom stereocenters. The summed E-state index contributed by atoms with van der Waals surface area (Å²) in [6.07, 6.45) is 1.57. The molecule has 1 aliphatic rings. The molecule has 26 heavy (non-hydrogen) atoms. The van der Waals surface area contributed by atoms with E-state index in [9.17, 15) is 9.59 Å². The molecule has 0 unspecified atom stereocenters. The Labute approximate surface area is 157 Å². The number of ether oxygens (including phenoxy) is 1. The molecule has 3 rings (SSSR count). The Morgan fingerprint density at radius 2 is 1.88 bits per heavy atom. The summed E-state index contributed by atoms with van der Waals surface area (Å²) in [4.78, 5) is 26.6. The fourth-order valence-corrected chi connectivity index (χ4v) is 2.88. The SMILES string of the molecule is CCOc1cccc(N2C(=O)/C(=C/c3ccc(C)cc3)C(=O)NC2=S)c1. The number of carbonyl (C=O) groups excluding carboxylic acids is 2. The summed E-state index contributed by atoms with van der Waals surface area (Å²) >= 11 is 5.21. The van der Waals surface area contributed by atoms with E-state index in [2.05, 4.69) is 5.32 Å². The molecular weight excluding hydrogens is 348 g/mol. The molecule has 0 aromatic heterocycles. The van der Waals surface area contributed by atoms with E-state index in [0.29, 0.717) is 18.0 Å². The minimum absolute atomic E-state index is 0.0317. The van der Waals surface area contributed by atoms with Gasteiger partial charge in [0.25, 0.3) is 11.8 Å². The van der Waals surface area contributed by atoms with Crippen molar-refractivity contribution in [1.29, 1.82) is 0 Å². The Bertz CT molecular complexity index is 904. The van der Waals surface area contributed by atoms with Crippen molar-refractivity contribution < 1.29 is 14.3 Å². The maximum atomic E-state index is 13.0. The Balaban J connectivity index is 1.98. The highest BCUT2D eigenvalue weighted by Gasteiger charge is 2.34. The first kappa shape index (κ1) is 17.8. The van der Waals surface area contributed by atoms with Gasteiger partial charge in [0.05, 0.1) is 12.3 Å². The van der Waals surface area contributed by atoms with Crippen LogP contribution >= 0.6 is 12.2 Å². The van der Waals surface area contributed by atoms with E-state index in [1.807, 2.05) is 38.1 Å². The van der Waals surface area contributed by atoms with E-state index in [1.165, 1.54) is 4.90 Å². The Hall–Kier alpha value is -2.99. The molecule has 1 aliphatic heterocycles. The summed E-state index contributed by atoms with van der Waals surface area (Å²) in [6, 6.07) is 14.6. The molecule has 1 fully saturated rings. The number of rotatable bonds is 4. The Kier molecular flexibility index (Phi) is 5.14. The van der Waals surface area contributed by atoms with Crippen LogP contribution in [0.5, 0.6) is 5.75 Å². The fourth-order valence-electron chi connectivity index (χ4n) is 2.60. The summed E-state index contributed by atoms with van der Waals surface area (Å²) in [5.41, 5.74) is 2.44. The third-order valence-electron chi connectivity index (χ3n) is 3.88. The number of amides is 2. The number of carbonyl (C=O) groups is 2. The van der Waals surface area contributed by atoms with Gasteiger partial charge in [-0.05, 0) is 49.8 Å². The maximum Gasteiger partial charge on any atom is 0.270 e. The predicted octanol–water partition coefficient (Wildman–Crippen LogP) is 3.23. The molecule has 132 valence electrons. The first-order valence-corrected chi connectivity index (χ1v) is 8.61. The third-order valence-corrected chi connectivity index (χ3v) is 4.16. The molecule has 1 N–H and O–H groups in total. The van der Waals surface area contributed by atoms with Gasteiger partial charge in [-0.1, -0.05) is 35.9 Å². The van der Waals surface area contributed by atoms with Gasteiger partial charge in [0.1, 0.15) is 11.3 Å². The summed E-state index contributed by atoms with van der Waals surface area (Å²) in [5.74, 6) is -0.340. The molecule has 5 nitrogen and oxygen atoms in total. The van der Waals surface area contributed by atoms with E-state index in [-0.39, 0.29) is 10.7 Å². The van der Waals surface area contributed by atoms with Crippen molar-refractivity contribution in [3.05, 3.63) is 65.2 Å². The van der Waals surface area contributed by atoms with Gasteiger partial charge >= 0.3 is 0 Å². The highest BCUT2D eigenvalue weighted by Crippen LogP contribution is 2.25. The van der Waals surface area contributed by atoms with Crippen molar-refractivity contribution in [2.24, 2.45) is 0 Å². The van der Waals surface area contributed by atoms with Gasteiger partial charge in [-0.25, -0.2) is 0 Å². The van der Waals surface area contributed by atoms with E-state index in [1.54, 1.807) is 30.3 Å². The zero-order chi connectivity index (χ0) is 18.7. The topological polar surface area (TPSA) is 58.6 Å². The first-order chi connectivity index (χ1) is 12.5. The normalized spacial score (nSPS) is 16.0. The van der Waals surface area contributed by atoms with Crippen LogP contribution in [-0.4, -0.2) is 23.5 Å². The lowest BCUT2D eigenvalue weighted by Gasteiger charge is -2.29. The second-order valence-corrected chi connectivity index (χ2v) is 6.19. The lowest BCUT2D eigenvalue weighted by Crippen LogP contribution is -2.54. The number of nitrogens with zero attached hydrogens (tertiary/aromatic N) is 1. The first-order valence-electron chi connectivity index (χ1n) is 8.20. The van der Waals surface area contributed by atoms with E-state index < -0.39 is 11.8 Å². The standard InChI is InChI=1S/C20H18N2O3S/c1-3-25-16-6-4-5-15(12-16)22-19(24)17(18(23)21-20(22)26)11-14-9-7-13(2)8-10-14/h4-12H,3H2,1-2H3,(H,21,23,26)/b17-11+. The molecule has 2 aromatic rings. The zero-order valence-electron chi connectivity index (χ0n) is 14.5. The van der Waals surface area contributed by atoms with Crippen LogP contribution in [0.2, 0.25) is 0 Å². The van der Waals surface area contributed by atoms with Crippen molar-refractivity contribution >= 4 is 40.9 Å². The van der Waals surface area contributed by atoms with Crippen LogP contribution in [0.15, 0.2) is 54.1 Å². The molecule has 1 saturated heterocycles. The third kappa shape index (κ3) is 3.65. The van der Waals surface area contributed by atoms with Crippen molar-refractivity contribution in [3.63, 3.8) is 0 Å². The Morgan fingerprint density at radius 3 is 2.58 bits per heavy atom. The minimum Gasteiger partial charge on any atom is -0.494 e. The highest BCUT2D eigenvalue weighted by atomic mass is 32.1. The van der Waals surface area contributed by atoms with E-state index in [0.717, 1.165) is 11.1 Å². The number of nitrogens with one attached hydrogen (secondary N) is 1. The van der Waals surface area contributed by atoms with Crippen molar-refractivity contribution in [2.45, 2.75) is 13.8 Å². The predicted molar refractivity (Wildman–Crippen MR) is 105 cm³/mol. The van der Waals surface area contributed by atoms with Crippen LogP contribution in [0, 0.1) is 6.92 Å². The van der Waals surface area contributed by atoms with Crippen LogP contribution in [0.3, 0.4) is 0 Å². The molecule has 0 aliphatic carbocycles. The number of aryl methyl sites for hydroxylation is 1. The molecular formula is C20H18N2O3S. The average molecular weight is 366 g/mol.